The van der Waals surface area contributed by atoms with Crippen molar-refractivity contribution in [2.24, 2.45) is 0 Å². The van der Waals surface area contributed by atoms with E-state index in [4.69, 9.17) is 9.47 Å². The Balaban J connectivity index is 1.66. The predicted octanol–water partition coefficient (Wildman–Crippen LogP) is 2.48. The molecule has 2 amide bonds. The van der Waals surface area contributed by atoms with E-state index in [1.54, 1.807) is 12.1 Å². The number of likely N-dealkylation sites (tertiary alicyclic amines) is 1. The van der Waals surface area contributed by atoms with Crippen LogP contribution in [0.5, 0.6) is 11.8 Å². The molecule has 2 heterocycles. The number of ether oxygens (including phenoxy) is 2. The number of piperidine rings is 1. The average Bonchev–Trinajstić information content (AvgIpc) is 2.77. The third-order valence-corrected chi connectivity index (χ3v) is 4.75. The van der Waals surface area contributed by atoms with Crippen LogP contribution in [0.3, 0.4) is 0 Å². The van der Waals surface area contributed by atoms with Crippen LogP contribution in [0.2, 0.25) is 0 Å². The van der Waals surface area contributed by atoms with Crippen LogP contribution in [0, 0.1) is 0 Å². The maximum Gasteiger partial charge on any atom is 0.257 e. The van der Waals surface area contributed by atoms with Crippen molar-refractivity contribution in [2.75, 3.05) is 27.3 Å². The van der Waals surface area contributed by atoms with E-state index in [1.165, 1.54) is 31.3 Å². The van der Waals surface area contributed by atoms with Gasteiger partial charge in [-0.1, -0.05) is 30.3 Å². The number of carbonyl (C=O) groups is 2. The number of halogens is 1. The van der Waals surface area contributed by atoms with Crippen LogP contribution >= 0.6 is 0 Å². The Morgan fingerprint density at radius 2 is 1.90 bits per heavy atom. The van der Waals surface area contributed by atoms with Gasteiger partial charge in [-0.3, -0.25) is 9.59 Å². The summed E-state index contributed by atoms with van der Waals surface area (Å²) in [5.41, 5.74) is 1.09. The Morgan fingerprint density at radius 3 is 2.60 bits per heavy atom. The van der Waals surface area contributed by atoms with E-state index in [0.29, 0.717) is 5.88 Å². The summed E-state index contributed by atoms with van der Waals surface area (Å²) in [5, 5.41) is 2.78. The smallest absolute Gasteiger partial charge is 0.257 e. The molecule has 0 aliphatic carbocycles. The summed E-state index contributed by atoms with van der Waals surface area (Å²) < 4.78 is 24.5. The van der Waals surface area contributed by atoms with Gasteiger partial charge >= 0.3 is 0 Å². The highest BCUT2D eigenvalue weighted by Crippen LogP contribution is 2.21. The number of nitrogens with one attached hydrogen (secondary N) is 1. The van der Waals surface area contributed by atoms with Crippen molar-refractivity contribution < 1.29 is 23.5 Å². The second-order valence-corrected chi connectivity index (χ2v) is 6.90. The van der Waals surface area contributed by atoms with E-state index in [-0.39, 0.29) is 36.9 Å². The zero-order valence-corrected chi connectivity index (χ0v) is 16.9. The lowest BCUT2D eigenvalue weighted by Crippen LogP contribution is -2.53. The maximum absolute atomic E-state index is 14.3. The van der Waals surface area contributed by atoms with Gasteiger partial charge < -0.3 is 19.7 Å². The molecule has 1 aliphatic rings. The van der Waals surface area contributed by atoms with E-state index >= 15 is 0 Å². The van der Waals surface area contributed by atoms with Gasteiger partial charge in [-0.05, 0) is 17.7 Å². The molecule has 7 nitrogen and oxygen atoms in total. The normalized spacial score (nSPS) is 18.8. The summed E-state index contributed by atoms with van der Waals surface area (Å²) in [6, 6.07) is 11.9. The summed E-state index contributed by atoms with van der Waals surface area (Å²) in [6.07, 6.45) is 2.01. The molecule has 1 fully saturated rings. The number of benzene rings is 1. The fourth-order valence-electron chi connectivity index (χ4n) is 3.29. The number of hydrogen-bond acceptors (Lipinski definition) is 5. The number of rotatable bonds is 6. The molecule has 0 saturated carbocycles. The molecule has 0 bridgehead atoms. The molecule has 1 aromatic carbocycles. The Kier molecular flexibility index (Phi) is 7.00. The monoisotopic (exact) mass is 413 g/mol. The van der Waals surface area contributed by atoms with Crippen LogP contribution in [-0.2, 0) is 4.79 Å². The van der Waals surface area contributed by atoms with Gasteiger partial charge in [-0.2, -0.15) is 4.98 Å². The first-order valence-corrected chi connectivity index (χ1v) is 9.56. The van der Waals surface area contributed by atoms with Crippen molar-refractivity contribution in [3.63, 3.8) is 0 Å². The SMILES string of the molecule is COc1ccc(C(=O)N[C@H]2C[C@@H](F)CN(C(=O)/C=C/c3ccccc3)C2)c(OC)n1. The molecule has 2 aromatic rings. The standard InChI is InChI=1S/C22H24FN3O4/c1-29-19-10-9-18(22(25-19)30-2)21(28)24-17-12-16(23)13-26(14-17)20(27)11-8-15-6-4-3-5-7-15/h3-11,16-17H,12-14H2,1-2H3,(H,24,28)/b11-8+/t16-,17+/m1/s1. The Bertz CT molecular complexity index is 920. The molecule has 0 radical (unpaired) electrons. The fourth-order valence-corrected chi connectivity index (χ4v) is 3.29. The van der Waals surface area contributed by atoms with Crippen LogP contribution in [0.15, 0.2) is 48.5 Å². The highest BCUT2D eigenvalue weighted by molar-refractivity contribution is 5.97. The molecule has 1 aliphatic heterocycles. The molecule has 158 valence electrons. The average molecular weight is 413 g/mol. The van der Waals surface area contributed by atoms with Gasteiger partial charge in [-0.25, -0.2) is 4.39 Å². The second kappa shape index (κ2) is 9.87. The molecular formula is C22H24FN3O4. The third kappa shape index (κ3) is 5.34. The van der Waals surface area contributed by atoms with Crippen LogP contribution in [0.1, 0.15) is 22.3 Å². The molecular weight excluding hydrogens is 389 g/mol. The molecule has 1 saturated heterocycles. The number of pyridine rings is 1. The van der Waals surface area contributed by atoms with Crippen molar-refractivity contribution in [1.82, 2.24) is 15.2 Å². The number of nitrogens with zero attached hydrogens (tertiary/aromatic N) is 2. The molecule has 1 aromatic heterocycles. The highest BCUT2D eigenvalue weighted by Gasteiger charge is 2.31. The zero-order valence-electron chi connectivity index (χ0n) is 16.9. The van der Waals surface area contributed by atoms with Gasteiger partial charge in [0, 0.05) is 31.1 Å². The molecule has 2 atom stereocenters. The summed E-state index contributed by atoms with van der Waals surface area (Å²) in [7, 11) is 2.86. The van der Waals surface area contributed by atoms with Crippen LogP contribution in [0.25, 0.3) is 6.08 Å². The van der Waals surface area contributed by atoms with Crippen molar-refractivity contribution in [3.05, 3.63) is 59.7 Å². The van der Waals surface area contributed by atoms with E-state index in [9.17, 15) is 14.0 Å². The molecule has 0 unspecified atom stereocenters. The van der Waals surface area contributed by atoms with Gasteiger partial charge in [0.05, 0.1) is 20.8 Å². The van der Waals surface area contributed by atoms with E-state index in [2.05, 4.69) is 10.3 Å². The first kappa shape index (κ1) is 21.3. The minimum atomic E-state index is -1.23. The van der Waals surface area contributed by atoms with Crippen molar-refractivity contribution in [3.8, 4) is 11.8 Å². The quantitative estimate of drug-likeness (QED) is 0.736. The largest absolute Gasteiger partial charge is 0.481 e. The van der Waals surface area contributed by atoms with Crippen LogP contribution in [0.4, 0.5) is 4.39 Å². The number of hydrogen-bond donors (Lipinski definition) is 1. The summed E-state index contributed by atoms with van der Waals surface area (Å²) in [6.45, 7) is 0.216. The Labute approximate surface area is 174 Å². The number of alkyl halides is 1. The van der Waals surface area contributed by atoms with Gasteiger partial charge in [0.25, 0.3) is 5.91 Å². The third-order valence-electron chi connectivity index (χ3n) is 4.75. The molecule has 0 spiro atoms. The van der Waals surface area contributed by atoms with E-state index in [1.807, 2.05) is 30.3 Å². The number of methoxy groups -OCH3 is 2. The van der Waals surface area contributed by atoms with Crippen molar-refractivity contribution in [2.45, 2.75) is 18.6 Å². The van der Waals surface area contributed by atoms with Crippen LogP contribution in [-0.4, -0.2) is 61.2 Å². The van der Waals surface area contributed by atoms with Gasteiger partial charge in [0.15, 0.2) is 0 Å². The molecule has 8 heteroatoms. The van der Waals surface area contributed by atoms with Crippen molar-refractivity contribution >= 4 is 17.9 Å². The molecule has 3 rings (SSSR count). The zero-order chi connectivity index (χ0) is 21.5. The van der Waals surface area contributed by atoms with Crippen LogP contribution < -0.4 is 14.8 Å². The van der Waals surface area contributed by atoms with Gasteiger partial charge in [0.2, 0.25) is 17.7 Å². The first-order valence-electron chi connectivity index (χ1n) is 9.56. The number of amides is 2. The van der Waals surface area contributed by atoms with Gasteiger partial charge in [0.1, 0.15) is 11.7 Å². The minimum absolute atomic E-state index is 0.00224. The summed E-state index contributed by atoms with van der Waals surface area (Å²) >= 11 is 0. The lowest BCUT2D eigenvalue weighted by Gasteiger charge is -2.34. The number of carbonyl (C=O) groups excluding carboxylic acids is 2. The lowest BCUT2D eigenvalue weighted by atomic mass is 10.0. The maximum atomic E-state index is 14.3. The second-order valence-electron chi connectivity index (χ2n) is 6.90. The fraction of sp³-hybridized carbons (Fsp3) is 0.318. The van der Waals surface area contributed by atoms with Crippen molar-refractivity contribution in [1.29, 1.82) is 0 Å². The van der Waals surface area contributed by atoms with E-state index in [0.717, 1.165) is 5.56 Å². The first-order chi connectivity index (χ1) is 14.5. The predicted molar refractivity (Wildman–Crippen MR) is 110 cm³/mol. The minimum Gasteiger partial charge on any atom is -0.481 e. The molecule has 1 N–H and O–H groups in total. The topological polar surface area (TPSA) is 80.8 Å². The molecule has 30 heavy (non-hydrogen) atoms. The summed E-state index contributed by atoms with van der Waals surface area (Å²) in [5.74, 6) is -0.331. The Morgan fingerprint density at radius 1 is 1.13 bits per heavy atom. The lowest BCUT2D eigenvalue weighted by molar-refractivity contribution is -0.128. The summed E-state index contributed by atoms with van der Waals surface area (Å²) in [4.78, 5) is 30.7. The highest BCUT2D eigenvalue weighted by atomic mass is 19.1. The van der Waals surface area contributed by atoms with E-state index < -0.39 is 18.1 Å². The van der Waals surface area contributed by atoms with Gasteiger partial charge in [-0.15, -0.1) is 0 Å². The Hall–Kier alpha value is -3.42. The number of aromatic nitrogens is 1.